The van der Waals surface area contributed by atoms with Crippen LogP contribution in [0, 0.1) is 17.0 Å². The Balaban J connectivity index is 2.05. The summed E-state index contributed by atoms with van der Waals surface area (Å²) in [6.07, 6.45) is 0.495. The summed E-state index contributed by atoms with van der Waals surface area (Å²) >= 11 is 0. The van der Waals surface area contributed by atoms with Crippen LogP contribution in [-0.2, 0) is 0 Å². The van der Waals surface area contributed by atoms with Gasteiger partial charge < -0.3 is 9.84 Å². The molecule has 0 amide bonds. The first-order valence-corrected chi connectivity index (χ1v) is 8.85. The van der Waals surface area contributed by atoms with Crippen LogP contribution in [0.25, 0.3) is 0 Å². The fourth-order valence-corrected chi connectivity index (χ4v) is 3.19. The van der Waals surface area contributed by atoms with Crippen LogP contribution in [0.2, 0.25) is 0 Å². The van der Waals surface area contributed by atoms with Crippen LogP contribution >= 0.6 is 0 Å². The lowest BCUT2D eigenvalue weighted by Crippen LogP contribution is -2.20. The third-order valence-electron chi connectivity index (χ3n) is 4.76. The zero-order chi connectivity index (χ0) is 20.6. The predicted molar refractivity (Wildman–Crippen MR) is 103 cm³/mol. The van der Waals surface area contributed by atoms with E-state index in [4.69, 9.17) is 14.9 Å². The Morgan fingerprint density at radius 1 is 1.18 bits per heavy atom. The number of aromatic carboxylic acids is 1. The van der Waals surface area contributed by atoms with Crippen LogP contribution in [-0.4, -0.2) is 23.9 Å². The molecule has 0 radical (unpaired) electrons. The van der Waals surface area contributed by atoms with Crippen molar-refractivity contribution in [3.63, 3.8) is 0 Å². The highest BCUT2D eigenvalue weighted by Crippen LogP contribution is 2.40. The second-order valence-electron chi connectivity index (χ2n) is 7.73. The SMILES string of the molecule is COc1c(F)cc(C2CC(C(C)(C)C)=NN2c2ccc(C(=O)O)cc2)cc1F. The normalized spacial score (nSPS) is 16.9. The molecule has 2 aromatic rings. The average Bonchev–Trinajstić information content (AvgIpc) is 3.07. The highest BCUT2D eigenvalue weighted by atomic mass is 19.1. The minimum absolute atomic E-state index is 0.154. The standard InChI is InChI=1S/C21H22F2N2O3/c1-21(2,3)18-11-17(13-9-15(22)19(28-4)16(23)10-13)25(24-18)14-7-5-12(6-8-14)20(26)27/h5-10,17H,11H2,1-4H3,(H,26,27). The summed E-state index contributed by atoms with van der Waals surface area (Å²) in [5, 5.41) is 15.5. The Bertz CT molecular complexity index is 911. The highest BCUT2D eigenvalue weighted by molar-refractivity contribution is 5.93. The molecule has 148 valence electrons. The van der Waals surface area contributed by atoms with E-state index in [2.05, 4.69) is 0 Å². The van der Waals surface area contributed by atoms with Crippen molar-refractivity contribution < 1.29 is 23.4 Å². The van der Waals surface area contributed by atoms with Crippen molar-refractivity contribution >= 4 is 17.4 Å². The van der Waals surface area contributed by atoms with E-state index in [1.165, 1.54) is 31.4 Å². The topological polar surface area (TPSA) is 62.1 Å². The first-order valence-electron chi connectivity index (χ1n) is 8.85. The van der Waals surface area contributed by atoms with E-state index in [0.29, 0.717) is 17.7 Å². The summed E-state index contributed by atoms with van der Waals surface area (Å²) in [7, 11) is 1.22. The van der Waals surface area contributed by atoms with Crippen molar-refractivity contribution in [3.05, 3.63) is 59.2 Å². The molecule has 0 saturated heterocycles. The van der Waals surface area contributed by atoms with Crippen molar-refractivity contribution in [3.8, 4) is 5.75 Å². The number of hydrogen-bond acceptors (Lipinski definition) is 4. The number of methoxy groups -OCH3 is 1. The van der Waals surface area contributed by atoms with Gasteiger partial charge >= 0.3 is 5.97 Å². The Morgan fingerprint density at radius 2 is 1.75 bits per heavy atom. The van der Waals surface area contributed by atoms with Gasteiger partial charge in [0.1, 0.15) is 0 Å². The van der Waals surface area contributed by atoms with Gasteiger partial charge in [-0.3, -0.25) is 5.01 Å². The van der Waals surface area contributed by atoms with E-state index in [1.807, 2.05) is 20.8 Å². The van der Waals surface area contributed by atoms with Gasteiger partial charge in [-0.25, -0.2) is 13.6 Å². The number of benzene rings is 2. The van der Waals surface area contributed by atoms with Gasteiger partial charge in [0.2, 0.25) is 0 Å². The summed E-state index contributed by atoms with van der Waals surface area (Å²) in [4.78, 5) is 11.1. The number of halogens is 2. The number of anilines is 1. The minimum atomic E-state index is -1.03. The summed E-state index contributed by atoms with van der Waals surface area (Å²) in [6.45, 7) is 6.07. The molecule has 0 spiro atoms. The largest absolute Gasteiger partial charge is 0.491 e. The van der Waals surface area contributed by atoms with Gasteiger partial charge in [-0.05, 0) is 42.0 Å². The molecule has 0 fully saturated rings. The van der Waals surface area contributed by atoms with Gasteiger partial charge in [-0.15, -0.1) is 0 Å². The predicted octanol–water partition coefficient (Wildman–Crippen LogP) is 5.03. The summed E-state index contributed by atoms with van der Waals surface area (Å²) in [5.41, 5.74) is 1.89. The molecule has 7 heteroatoms. The van der Waals surface area contributed by atoms with Crippen molar-refractivity contribution in [2.75, 3.05) is 12.1 Å². The summed E-state index contributed by atoms with van der Waals surface area (Å²) < 4.78 is 33.3. The molecule has 0 aliphatic carbocycles. The highest BCUT2D eigenvalue weighted by Gasteiger charge is 2.35. The van der Waals surface area contributed by atoms with Gasteiger partial charge in [0.05, 0.1) is 24.4 Å². The molecule has 0 aromatic heterocycles. The maximum atomic E-state index is 14.3. The lowest BCUT2D eigenvalue weighted by molar-refractivity contribution is 0.0697. The lowest BCUT2D eigenvalue weighted by atomic mass is 9.85. The fourth-order valence-electron chi connectivity index (χ4n) is 3.19. The number of rotatable bonds is 4. The molecule has 3 rings (SSSR count). The molecule has 0 bridgehead atoms. The molecule has 28 heavy (non-hydrogen) atoms. The Kier molecular flexibility index (Phi) is 5.10. The van der Waals surface area contributed by atoms with E-state index in [1.54, 1.807) is 17.1 Å². The monoisotopic (exact) mass is 388 g/mol. The van der Waals surface area contributed by atoms with E-state index in [9.17, 15) is 13.6 Å². The third-order valence-corrected chi connectivity index (χ3v) is 4.76. The number of carboxylic acids is 1. The number of hydrazone groups is 1. The van der Waals surface area contributed by atoms with Crippen molar-refractivity contribution in [2.45, 2.75) is 33.2 Å². The Labute approximate surface area is 162 Å². The Morgan fingerprint density at radius 3 is 2.21 bits per heavy atom. The molecular weight excluding hydrogens is 366 g/mol. The van der Waals surface area contributed by atoms with E-state index in [0.717, 1.165) is 5.71 Å². The first-order chi connectivity index (χ1) is 13.1. The molecule has 2 aromatic carbocycles. The number of carboxylic acid groups (broad SMARTS) is 1. The quantitative estimate of drug-likeness (QED) is 0.798. The lowest BCUT2D eigenvalue weighted by Gasteiger charge is -2.24. The number of carbonyl (C=O) groups is 1. The molecule has 1 heterocycles. The zero-order valence-electron chi connectivity index (χ0n) is 16.2. The van der Waals surface area contributed by atoms with Crippen LogP contribution < -0.4 is 9.75 Å². The molecule has 1 aliphatic rings. The third kappa shape index (κ3) is 3.69. The van der Waals surface area contributed by atoms with Gasteiger partial charge in [-0.2, -0.15) is 5.10 Å². The van der Waals surface area contributed by atoms with Gasteiger partial charge in [-0.1, -0.05) is 20.8 Å². The van der Waals surface area contributed by atoms with E-state index in [-0.39, 0.29) is 11.0 Å². The zero-order valence-corrected chi connectivity index (χ0v) is 16.2. The molecule has 5 nitrogen and oxygen atoms in total. The van der Waals surface area contributed by atoms with Gasteiger partial charge in [0.15, 0.2) is 17.4 Å². The average molecular weight is 388 g/mol. The smallest absolute Gasteiger partial charge is 0.335 e. The van der Waals surface area contributed by atoms with E-state index >= 15 is 0 Å². The van der Waals surface area contributed by atoms with Crippen LogP contribution in [0.1, 0.15) is 49.2 Å². The fraction of sp³-hybridized carbons (Fsp3) is 0.333. The maximum Gasteiger partial charge on any atom is 0.335 e. The summed E-state index contributed by atoms with van der Waals surface area (Å²) in [6, 6.07) is 8.34. The van der Waals surface area contributed by atoms with Gasteiger partial charge in [0.25, 0.3) is 0 Å². The molecule has 1 unspecified atom stereocenters. The molecular formula is C21H22F2N2O3. The summed E-state index contributed by atoms with van der Waals surface area (Å²) in [5.74, 6) is -3.00. The molecule has 1 atom stereocenters. The van der Waals surface area contributed by atoms with Gasteiger partial charge in [0, 0.05) is 17.5 Å². The molecule has 0 saturated carbocycles. The van der Waals surface area contributed by atoms with E-state index < -0.39 is 29.4 Å². The van der Waals surface area contributed by atoms with Crippen molar-refractivity contribution in [1.82, 2.24) is 0 Å². The van der Waals surface area contributed by atoms with Crippen molar-refractivity contribution in [2.24, 2.45) is 10.5 Å². The minimum Gasteiger partial charge on any atom is -0.491 e. The second kappa shape index (κ2) is 7.22. The number of ether oxygens (including phenoxy) is 1. The Hall–Kier alpha value is -2.96. The molecule has 1 aliphatic heterocycles. The molecule has 1 N–H and O–H groups in total. The van der Waals surface area contributed by atoms with Crippen LogP contribution in [0.5, 0.6) is 5.75 Å². The second-order valence-corrected chi connectivity index (χ2v) is 7.73. The van der Waals surface area contributed by atoms with Crippen LogP contribution in [0.4, 0.5) is 14.5 Å². The first kappa shape index (κ1) is 19.8. The number of nitrogens with zero attached hydrogens (tertiary/aromatic N) is 2. The van der Waals surface area contributed by atoms with Crippen molar-refractivity contribution in [1.29, 1.82) is 0 Å². The van der Waals surface area contributed by atoms with Crippen LogP contribution in [0.3, 0.4) is 0 Å². The van der Waals surface area contributed by atoms with Crippen LogP contribution in [0.15, 0.2) is 41.5 Å². The maximum absolute atomic E-state index is 14.3. The number of hydrogen-bond donors (Lipinski definition) is 1.